The van der Waals surface area contributed by atoms with Crippen LogP contribution in [0.3, 0.4) is 0 Å². The average Bonchev–Trinajstić information content (AvgIpc) is 2.77. The van der Waals surface area contributed by atoms with E-state index in [-0.39, 0.29) is 0 Å². The highest BCUT2D eigenvalue weighted by Gasteiger charge is 2.11. The van der Waals surface area contributed by atoms with Gasteiger partial charge in [0.2, 0.25) is 0 Å². The van der Waals surface area contributed by atoms with E-state index in [0.717, 1.165) is 34.9 Å². The molecule has 0 amide bonds. The van der Waals surface area contributed by atoms with Crippen molar-refractivity contribution in [3.63, 3.8) is 0 Å². The third kappa shape index (κ3) is 3.25. The Morgan fingerprint density at radius 3 is 2.62 bits per heavy atom. The van der Waals surface area contributed by atoms with Crippen LogP contribution in [-0.2, 0) is 6.42 Å². The molecule has 0 saturated heterocycles. The van der Waals surface area contributed by atoms with Crippen molar-refractivity contribution in [2.75, 3.05) is 0 Å². The number of hydrogen-bond donors (Lipinski definition) is 0. The summed E-state index contributed by atoms with van der Waals surface area (Å²) in [4.78, 5) is 4.35. The van der Waals surface area contributed by atoms with Crippen LogP contribution in [0.2, 0.25) is 0 Å². The minimum atomic E-state index is 0.846. The van der Waals surface area contributed by atoms with E-state index in [0.29, 0.717) is 0 Å². The Bertz CT molecular complexity index is 463. The normalized spacial score (nSPS) is 10.9. The van der Waals surface area contributed by atoms with E-state index in [1.54, 1.807) is 34.4 Å². The molecule has 16 heavy (non-hydrogen) atoms. The van der Waals surface area contributed by atoms with Gasteiger partial charge in [-0.25, -0.2) is 4.98 Å². The van der Waals surface area contributed by atoms with Gasteiger partial charge in [-0.05, 0) is 50.0 Å². The summed E-state index contributed by atoms with van der Waals surface area (Å²) in [7, 11) is 0. The van der Waals surface area contributed by atoms with Gasteiger partial charge in [-0.15, -0.1) is 10.2 Å². The highest BCUT2D eigenvalue weighted by atomic mass is 79.9. The van der Waals surface area contributed by atoms with Gasteiger partial charge in [0.1, 0.15) is 13.4 Å². The predicted octanol–water partition coefficient (Wildman–Crippen LogP) is 4.62. The number of halogens is 2. The van der Waals surface area contributed by atoms with Crippen molar-refractivity contribution in [1.29, 1.82) is 0 Å². The molecule has 0 spiro atoms. The Kier molecular flexibility index (Phi) is 4.77. The Labute approximate surface area is 122 Å². The van der Waals surface area contributed by atoms with Crippen molar-refractivity contribution < 1.29 is 0 Å². The summed E-state index contributed by atoms with van der Waals surface area (Å²) in [5.74, 6) is 0. The lowest BCUT2D eigenvalue weighted by atomic mass is 10.4. The first-order valence-electron chi connectivity index (χ1n) is 4.51. The zero-order chi connectivity index (χ0) is 11.5. The first-order chi connectivity index (χ1) is 7.69. The third-order valence-electron chi connectivity index (χ3n) is 1.62. The summed E-state index contributed by atoms with van der Waals surface area (Å²) in [5, 5.41) is 9.37. The molecular weight excluding hydrogens is 394 g/mol. The SMILES string of the molecule is CCCc1nnc(Sc2nc(Br)c(Br)s2)s1. The lowest BCUT2D eigenvalue weighted by Gasteiger charge is -1.87. The fraction of sp³-hybridized carbons (Fsp3) is 0.375. The molecule has 2 heterocycles. The summed E-state index contributed by atoms with van der Waals surface area (Å²) in [6.45, 7) is 2.14. The molecule has 2 aromatic heterocycles. The Morgan fingerprint density at radius 2 is 2.00 bits per heavy atom. The molecule has 8 heteroatoms. The average molecular weight is 401 g/mol. The van der Waals surface area contributed by atoms with Crippen molar-refractivity contribution in [3.8, 4) is 0 Å². The maximum Gasteiger partial charge on any atom is 0.181 e. The summed E-state index contributed by atoms with van der Waals surface area (Å²) in [6.07, 6.45) is 2.11. The molecule has 0 atom stereocenters. The lowest BCUT2D eigenvalue weighted by molar-refractivity contribution is 0.866. The van der Waals surface area contributed by atoms with Crippen LogP contribution in [0.15, 0.2) is 17.1 Å². The van der Waals surface area contributed by atoms with Crippen LogP contribution in [0.25, 0.3) is 0 Å². The predicted molar refractivity (Wildman–Crippen MR) is 75.5 cm³/mol. The Morgan fingerprint density at radius 1 is 1.19 bits per heavy atom. The zero-order valence-electron chi connectivity index (χ0n) is 8.24. The van der Waals surface area contributed by atoms with Crippen molar-refractivity contribution in [2.45, 2.75) is 28.4 Å². The van der Waals surface area contributed by atoms with Crippen LogP contribution in [-0.4, -0.2) is 15.2 Å². The van der Waals surface area contributed by atoms with Gasteiger partial charge in [0.05, 0.1) is 0 Å². The second-order valence-electron chi connectivity index (χ2n) is 2.86. The van der Waals surface area contributed by atoms with Crippen LogP contribution >= 0.6 is 66.3 Å². The number of thiazole rings is 1. The van der Waals surface area contributed by atoms with Gasteiger partial charge in [-0.3, -0.25) is 0 Å². The first kappa shape index (κ1) is 12.9. The Hall–Kier alpha value is 0.500. The number of nitrogens with zero attached hydrogens (tertiary/aromatic N) is 3. The van der Waals surface area contributed by atoms with Gasteiger partial charge >= 0.3 is 0 Å². The Balaban J connectivity index is 2.08. The molecule has 0 aliphatic rings. The van der Waals surface area contributed by atoms with Gasteiger partial charge in [0.25, 0.3) is 0 Å². The number of hydrogen-bond acceptors (Lipinski definition) is 6. The molecule has 0 radical (unpaired) electrons. The largest absolute Gasteiger partial charge is 0.221 e. The zero-order valence-corrected chi connectivity index (χ0v) is 13.9. The minimum absolute atomic E-state index is 0.846. The van der Waals surface area contributed by atoms with Gasteiger partial charge in [0.15, 0.2) is 8.68 Å². The van der Waals surface area contributed by atoms with E-state index in [9.17, 15) is 0 Å². The second-order valence-corrected chi connectivity index (χ2v) is 8.48. The van der Waals surface area contributed by atoms with Crippen molar-refractivity contribution in [3.05, 3.63) is 13.4 Å². The lowest BCUT2D eigenvalue weighted by Crippen LogP contribution is -1.79. The smallest absolute Gasteiger partial charge is 0.181 e. The molecule has 0 aromatic carbocycles. The van der Waals surface area contributed by atoms with Gasteiger partial charge in [0, 0.05) is 6.42 Å². The molecule has 2 rings (SSSR count). The van der Waals surface area contributed by atoms with E-state index in [1.165, 1.54) is 0 Å². The number of rotatable bonds is 4. The van der Waals surface area contributed by atoms with Gasteiger partial charge in [-0.1, -0.05) is 29.6 Å². The van der Waals surface area contributed by atoms with E-state index >= 15 is 0 Å². The maximum absolute atomic E-state index is 4.35. The minimum Gasteiger partial charge on any atom is -0.221 e. The van der Waals surface area contributed by atoms with Crippen LogP contribution in [0, 0.1) is 0 Å². The molecule has 3 nitrogen and oxygen atoms in total. The van der Waals surface area contributed by atoms with Crippen molar-refractivity contribution >= 4 is 66.3 Å². The summed E-state index contributed by atoms with van der Waals surface area (Å²) < 4.78 is 3.78. The highest BCUT2D eigenvalue weighted by molar-refractivity contribution is 9.13. The third-order valence-corrected chi connectivity index (χ3v) is 6.78. The van der Waals surface area contributed by atoms with Crippen LogP contribution in [0.5, 0.6) is 0 Å². The molecule has 86 valence electrons. The summed E-state index contributed by atoms with van der Waals surface area (Å²) >= 11 is 11.6. The standard InChI is InChI=1S/C8H7Br2N3S3/c1-2-3-4-12-13-8(14-4)16-7-11-5(9)6(10)15-7/h2-3H2,1H3. The summed E-state index contributed by atoms with van der Waals surface area (Å²) in [6, 6.07) is 0. The van der Waals surface area contributed by atoms with Gasteiger partial charge < -0.3 is 0 Å². The van der Waals surface area contributed by atoms with Crippen LogP contribution in [0.1, 0.15) is 18.4 Å². The fourth-order valence-corrected chi connectivity index (χ4v) is 5.47. The quantitative estimate of drug-likeness (QED) is 0.750. The molecule has 0 aliphatic heterocycles. The van der Waals surface area contributed by atoms with Crippen LogP contribution < -0.4 is 0 Å². The van der Waals surface area contributed by atoms with E-state index in [4.69, 9.17) is 0 Å². The van der Waals surface area contributed by atoms with E-state index < -0.39 is 0 Å². The van der Waals surface area contributed by atoms with Crippen LogP contribution in [0.4, 0.5) is 0 Å². The van der Waals surface area contributed by atoms with Crippen molar-refractivity contribution in [2.24, 2.45) is 0 Å². The summed E-state index contributed by atoms with van der Waals surface area (Å²) in [5.41, 5.74) is 0. The van der Waals surface area contributed by atoms with Gasteiger partial charge in [-0.2, -0.15) is 0 Å². The number of aromatic nitrogens is 3. The monoisotopic (exact) mass is 399 g/mol. The molecular formula is C8H7Br2N3S3. The highest BCUT2D eigenvalue weighted by Crippen LogP contribution is 2.38. The molecule has 0 saturated carbocycles. The molecule has 0 bridgehead atoms. The van der Waals surface area contributed by atoms with Crippen molar-refractivity contribution in [1.82, 2.24) is 15.2 Å². The molecule has 0 fully saturated rings. The first-order valence-corrected chi connectivity index (χ1v) is 8.54. The second kappa shape index (κ2) is 5.90. The number of aryl methyl sites for hydroxylation is 1. The molecule has 2 aromatic rings. The van der Waals surface area contributed by atoms with E-state index in [2.05, 4.69) is 54.0 Å². The maximum atomic E-state index is 4.35. The topological polar surface area (TPSA) is 38.7 Å². The molecule has 0 unspecified atom stereocenters. The van der Waals surface area contributed by atoms with E-state index in [1.807, 2.05) is 0 Å². The molecule has 0 aliphatic carbocycles. The fourth-order valence-electron chi connectivity index (χ4n) is 0.978. The molecule has 0 N–H and O–H groups in total.